The molecule has 0 aliphatic heterocycles. The zero-order valence-electron chi connectivity index (χ0n) is 14.9. The van der Waals surface area contributed by atoms with Crippen LogP contribution in [0, 0.1) is 0 Å². The number of ether oxygens (including phenoxy) is 4. The summed E-state index contributed by atoms with van der Waals surface area (Å²) in [5, 5.41) is 0.613. The lowest BCUT2D eigenvalue weighted by Gasteiger charge is -2.14. The Balaban J connectivity index is 2.46. The molecule has 0 amide bonds. The first-order valence-corrected chi connectivity index (χ1v) is 7.87. The van der Waals surface area contributed by atoms with Gasteiger partial charge in [0, 0.05) is 23.7 Å². The number of benzene rings is 1. The van der Waals surface area contributed by atoms with Crippen LogP contribution in [0.15, 0.2) is 29.2 Å². The van der Waals surface area contributed by atoms with E-state index in [1.807, 2.05) is 0 Å². The number of carbonyl (C=O) groups excluding carboxylic acids is 1. The van der Waals surface area contributed by atoms with Gasteiger partial charge in [0.25, 0.3) is 5.56 Å². The first-order chi connectivity index (χ1) is 12.5. The monoisotopic (exact) mass is 358 g/mol. The zero-order chi connectivity index (χ0) is 18.8. The van der Waals surface area contributed by atoms with Gasteiger partial charge in [0.15, 0.2) is 11.5 Å². The second-order valence-electron chi connectivity index (χ2n) is 5.33. The van der Waals surface area contributed by atoms with Crippen LogP contribution in [0.25, 0.3) is 16.6 Å². The molecular weight excluding hydrogens is 340 g/mol. The number of hydrogen-bond acceptors (Lipinski definition) is 7. The van der Waals surface area contributed by atoms with Gasteiger partial charge in [0.1, 0.15) is 17.0 Å². The molecule has 0 spiro atoms. The summed E-state index contributed by atoms with van der Waals surface area (Å²) in [6.07, 6.45) is 1.21. The van der Waals surface area contributed by atoms with Crippen molar-refractivity contribution in [3.63, 3.8) is 0 Å². The highest BCUT2D eigenvalue weighted by molar-refractivity contribution is 5.93. The van der Waals surface area contributed by atoms with Crippen LogP contribution in [-0.4, -0.2) is 43.3 Å². The largest absolute Gasteiger partial charge is 0.496 e. The van der Waals surface area contributed by atoms with Crippen LogP contribution in [0.4, 0.5) is 0 Å². The van der Waals surface area contributed by atoms with Crippen molar-refractivity contribution >= 4 is 22.5 Å². The van der Waals surface area contributed by atoms with E-state index < -0.39 is 11.5 Å². The molecule has 0 atom stereocenters. The molecule has 3 aromatic rings. The van der Waals surface area contributed by atoms with E-state index in [1.54, 1.807) is 25.1 Å². The predicted octanol–water partition coefficient (Wildman–Crippen LogP) is 2.05. The quantitative estimate of drug-likeness (QED) is 0.509. The minimum Gasteiger partial charge on any atom is -0.496 e. The van der Waals surface area contributed by atoms with Gasteiger partial charge in [-0.3, -0.25) is 9.20 Å². The first-order valence-electron chi connectivity index (χ1n) is 7.87. The fraction of sp³-hybridized carbons (Fsp3) is 0.278. The molecule has 2 heterocycles. The van der Waals surface area contributed by atoms with E-state index in [2.05, 4.69) is 4.98 Å². The molecule has 0 radical (unpaired) electrons. The molecule has 0 aliphatic carbocycles. The predicted molar refractivity (Wildman–Crippen MR) is 94.6 cm³/mol. The maximum Gasteiger partial charge on any atom is 0.345 e. The number of carbonyl (C=O) groups is 1. The molecule has 136 valence electrons. The Kier molecular flexibility index (Phi) is 4.66. The number of pyridine rings is 1. The van der Waals surface area contributed by atoms with Crippen LogP contribution in [0.5, 0.6) is 17.2 Å². The lowest BCUT2D eigenvalue weighted by Crippen LogP contribution is -2.24. The normalized spacial score (nSPS) is 10.8. The summed E-state index contributed by atoms with van der Waals surface area (Å²) in [5.41, 5.74) is 0.124. The maximum absolute atomic E-state index is 12.9. The number of esters is 1. The first kappa shape index (κ1) is 17.5. The topological polar surface area (TPSA) is 88.4 Å². The summed E-state index contributed by atoms with van der Waals surface area (Å²) >= 11 is 0. The minimum atomic E-state index is -0.719. The molecule has 0 N–H and O–H groups in total. The van der Waals surface area contributed by atoms with Crippen molar-refractivity contribution in [2.45, 2.75) is 6.92 Å². The standard InChI is InChI=1S/C18H18N2O6/c1-5-26-18(22)11-9-19-16-8-13(23-2)10-6-14(24-3)15(25-4)7-12(10)20(16)17(11)21/h6-9H,5H2,1-4H3. The summed E-state index contributed by atoms with van der Waals surface area (Å²) in [4.78, 5) is 29.2. The highest BCUT2D eigenvalue weighted by Crippen LogP contribution is 2.36. The van der Waals surface area contributed by atoms with Crippen molar-refractivity contribution < 1.29 is 23.7 Å². The number of aromatic nitrogens is 2. The van der Waals surface area contributed by atoms with E-state index in [-0.39, 0.29) is 12.2 Å². The molecule has 1 aromatic carbocycles. The highest BCUT2D eigenvalue weighted by atomic mass is 16.5. The Hall–Kier alpha value is -3.29. The molecule has 8 nitrogen and oxygen atoms in total. The molecule has 0 saturated heterocycles. The number of methoxy groups -OCH3 is 3. The van der Waals surface area contributed by atoms with Gasteiger partial charge in [-0.05, 0) is 13.0 Å². The van der Waals surface area contributed by atoms with E-state index in [0.29, 0.717) is 33.8 Å². The fourth-order valence-corrected chi connectivity index (χ4v) is 2.77. The molecule has 0 bridgehead atoms. The molecule has 0 unspecified atom stereocenters. The van der Waals surface area contributed by atoms with E-state index in [0.717, 1.165) is 0 Å². The third-order valence-electron chi connectivity index (χ3n) is 3.97. The molecule has 3 rings (SSSR count). The van der Waals surface area contributed by atoms with E-state index >= 15 is 0 Å². The average Bonchev–Trinajstić information content (AvgIpc) is 2.66. The molecule has 2 aromatic heterocycles. The molecule has 8 heteroatoms. The van der Waals surface area contributed by atoms with Crippen LogP contribution >= 0.6 is 0 Å². The molecular formula is C18H18N2O6. The Morgan fingerprint density at radius 2 is 1.69 bits per heavy atom. The van der Waals surface area contributed by atoms with E-state index in [9.17, 15) is 9.59 Å². The molecule has 0 saturated carbocycles. The molecule has 0 fully saturated rings. The van der Waals surface area contributed by atoms with Gasteiger partial charge in [-0.15, -0.1) is 0 Å². The summed E-state index contributed by atoms with van der Waals surface area (Å²) in [6, 6.07) is 4.96. The minimum absolute atomic E-state index is 0.148. The van der Waals surface area contributed by atoms with Crippen LogP contribution in [0.1, 0.15) is 17.3 Å². The zero-order valence-corrected chi connectivity index (χ0v) is 14.9. The summed E-state index contributed by atoms with van der Waals surface area (Å²) in [7, 11) is 4.54. The number of rotatable bonds is 5. The molecule has 0 aliphatic rings. The smallest absolute Gasteiger partial charge is 0.345 e. The summed E-state index contributed by atoms with van der Waals surface area (Å²) in [5.74, 6) is 0.712. The fourth-order valence-electron chi connectivity index (χ4n) is 2.77. The average molecular weight is 358 g/mol. The maximum atomic E-state index is 12.9. The van der Waals surface area contributed by atoms with Gasteiger partial charge in [0.05, 0.1) is 33.5 Å². The van der Waals surface area contributed by atoms with Gasteiger partial charge in [-0.1, -0.05) is 0 Å². The van der Waals surface area contributed by atoms with Gasteiger partial charge >= 0.3 is 5.97 Å². The van der Waals surface area contributed by atoms with Crippen LogP contribution < -0.4 is 19.8 Å². The Labute approximate surface area is 148 Å². The highest BCUT2D eigenvalue weighted by Gasteiger charge is 2.19. The Morgan fingerprint density at radius 3 is 2.31 bits per heavy atom. The molecule has 26 heavy (non-hydrogen) atoms. The van der Waals surface area contributed by atoms with Gasteiger partial charge in [-0.25, -0.2) is 9.78 Å². The SMILES string of the molecule is CCOC(=O)c1cnc2cc(OC)c3cc(OC)c(OC)cc3n2c1=O. The second kappa shape index (κ2) is 6.91. The number of nitrogens with zero attached hydrogens (tertiary/aromatic N) is 2. The van der Waals surface area contributed by atoms with Gasteiger partial charge in [0.2, 0.25) is 0 Å². The summed E-state index contributed by atoms with van der Waals surface area (Å²) < 4.78 is 22.3. The third kappa shape index (κ3) is 2.69. The van der Waals surface area contributed by atoms with Crippen molar-refractivity contribution in [1.29, 1.82) is 0 Å². The number of hydrogen-bond donors (Lipinski definition) is 0. The van der Waals surface area contributed by atoms with E-state index in [1.165, 1.54) is 31.9 Å². The van der Waals surface area contributed by atoms with Crippen molar-refractivity contribution in [2.24, 2.45) is 0 Å². The van der Waals surface area contributed by atoms with Crippen molar-refractivity contribution in [3.8, 4) is 17.2 Å². The van der Waals surface area contributed by atoms with Crippen LogP contribution in [0.3, 0.4) is 0 Å². The summed E-state index contributed by atoms with van der Waals surface area (Å²) in [6.45, 7) is 1.83. The van der Waals surface area contributed by atoms with Crippen LogP contribution in [0.2, 0.25) is 0 Å². The van der Waals surface area contributed by atoms with Crippen molar-refractivity contribution in [3.05, 3.63) is 40.3 Å². The number of fused-ring (bicyclic) bond motifs is 3. The van der Waals surface area contributed by atoms with Crippen LogP contribution in [-0.2, 0) is 4.74 Å². The Morgan fingerprint density at radius 1 is 1.04 bits per heavy atom. The van der Waals surface area contributed by atoms with E-state index in [4.69, 9.17) is 18.9 Å². The van der Waals surface area contributed by atoms with Crippen molar-refractivity contribution in [2.75, 3.05) is 27.9 Å². The Bertz CT molecular complexity index is 1060. The lowest BCUT2D eigenvalue weighted by atomic mass is 10.1. The second-order valence-corrected chi connectivity index (χ2v) is 5.33. The van der Waals surface area contributed by atoms with Crippen molar-refractivity contribution in [1.82, 2.24) is 9.38 Å². The van der Waals surface area contributed by atoms with Gasteiger partial charge < -0.3 is 18.9 Å². The van der Waals surface area contributed by atoms with Gasteiger partial charge in [-0.2, -0.15) is 0 Å². The lowest BCUT2D eigenvalue weighted by molar-refractivity contribution is 0.0523. The third-order valence-corrected chi connectivity index (χ3v) is 3.97.